The van der Waals surface area contributed by atoms with E-state index in [-0.39, 0.29) is 28.5 Å². The van der Waals surface area contributed by atoms with Gasteiger partial charge in [0.25, 0.3) is 10.0 Å². The second-order valence-electron chi connectivity index (χ2n) is 9.49. The summed E-state index contributed by atoms with van der Waals surface area (Å²) in [5.74, 6) is -0.119. The number of hydrogen-bond donors (Lipinski definition) is 1. The lowest BCUT2D eigenvalue weighted by atomic mass is 9.99. The molecule has 1 saturated heterocycles. The number of aromatic nitrogens is 1. The van der Waals surface area contributed by atoms with Crippen molar-refractivity contribution in [1.82, 2.24) is 10.1 Å². The minimum absolute atomic E-state index is 0.0620. The third kappa shape index (κ3) is 5.27. The molecule has 2 aliphatic rings. The van der Waals surface area contributed by atoms with Crippen LogP contribution in [0.5, 0.6) is 0 Å². The number of hydrogen-bond acceptors (Lipinski definition) is 7. The molecular formula is C26H30FN5O4S. The van der Waals surface area contributed by atoms with Gasteiger partial charge in [0.15, 0.2) is 0 Å². The summed E-state index contributed by atoms with van der Waals surface area (Å²) in [5.41, 5.74) is 3.36. The molecule has 0 spiro atoms. The van der Waals surface area contributed by atoms with Gasteiger partial charge in [-0.2, -0.15) is 0 Å². The SMILES string of the molecule is Cc1cc(NS(=O)(=O)c2ccc(N3CCN(C(=O)[C@H](C)N4CCCc5cc(F)ccc54)CC3)cc2)on1. The number of carbonyl (C=O) groups excluding carboxylic acids is 1. The van der Waals surface area contributed by atoms with Crippen LogP contribution in [0.2, 0.25) is 0 Å². The minimum atomic E-state index is -3.79. The van der Waals surface area contributed by atoms with Crippen molar-refractivity contribution in [2.24, 2.45) is 0 Å². The number of nitrogens with one attached hydrogen (secondary N) is 1. The Hall–Kier alpha value is -3.60. The highest BCUT2D eigenvalue weighted by atomic mass is 32.2. The Bertz CT molecular complexity index is 1380. The number of sulfonamides is 1. The zero-order valence-electron chi connectivity index (χ0n) is 20.9. The molecule has 1 atom stereocenters. The molecule has 5 rings (SSSR count). The molecule has 0 aliphatic carbocycles. The number of piperazine rings is 1. The first-order valence-electron chi connectivity index (χ1n) is 12.4. The molecule has 11 heteroatoms. The molecule has 0 saturated carbocycles. The lowest BCUT2D eigenvalue weighted by Crippen LogP contribution is -2.55. The van der Waals surface area contributed by atoms with E-state index < -0.39 is 10.0 Å². The Labute approximate surface area is 215 Å². The number of amides is 1. The van der Waals surface area contributed by atoms with Crippen molar-refractivity contribution >= 4 is 33.2 Å². The Morgan fingerprint density at radius 3 is 2.46 bits per heavy atom. The standard InChI is InChI=1S/C26H30FN5O4S/c1-18-16-25(36-28-18)29-37(34,35)23-8-6-22(7-9-23)30-12-14-31(15-13-30)26(33)19(2)32-11-3-4-20-17-21(27)5-10-24(20)32/h5-10,16-17,19,29H,3-4,11-15H2,1-2H3/t19-/m0/s1. The first-order chi connectivity index (χ1) is 17.7. The molecule has 9 nitrogen and oxygen atoms in total. The van der Waals surface area contributed by atoms with Crippen LogP contribution < -0.4 is 14.5 Å². The van der Waals surface area contributed by atoms with Gasteiger partial charge in [-0.05, 0) is 74.7 Å². The number of rotatable bonds is 6. The maximum absolute atomic E-state index is 13.7. The number of fused-ring (bicyclic) bond motifs is 1. The third-order valence-corrected chi connectivity index (χ3v) is 8.35. The molecule has 196 valence electrons. The number of anilines is 3. The average Bonchev–Trinajstić information content (AvgIpc) is 3.31. The van der Waals surface area contributed by atoms with Crippen molar-refractivity contribution in [3.05, 3.63) is 65.6 Å². The van der Waals surface area contributed by atoms with Crippen molar-refractivity contribution in [2.75, 3.05) is 47.2 Å². The second kappa shape index (κ2) is 10.0. The van der Waals surface area contributed by atoms with Crippen LogP contribution in [0.3, 0.4) is 0 Å². The normalized spacial score (nSPS) is 16.9. The number of nitrogens with zero attached hydrogens (tertiary/aromatic N) is 4. The van der Waals surface area contributed by atoms with Gasteiger partial charge in [0.05, 0.1) is 10.6 Å². The number of benzene rings is 2. The molecular weight excluding hydrogens is 497 g/mol. The summed E-state index contributed by atoms with van der Waals surface area (Å²) in [4.78, 5) is 19.5. The highest BCUT2D eigenvalue weighted by Crippen LogP contribution is 2.30. The van der Waals surface area contributed by atoms with E-state index in [1.54, 1.807) is 43.3 Å². The van der Waals surface area contributed by atoms with E-state index in [4.69, 9.17) is 4.52 Å². The quantitative estimate of drug-likeness (QED) is 0.525. The van der Waals surface area contributed by atoms with Crippen molar-refractivity contribution in [3.63, 3.8) is 0 Å². The van der Waals surface area contributed by atoms with Crippen LogP contribution in [0.15, 0.2) is 57.9 Å². The Balaban J connectivity index is 1.19. The Morgan fingerprint density at radius 2 is 1.78 bits per heavy atom. The molecule has 3 aromatic rings. The van der Waals surface area contributed by atoms with Crippen LogP contribution in [-0.2, 0) is 21.2 Å². The molecule has 3 heterocycles. The first kappa shape index (κ1) is 25.1. The molecule has 1 aromatic heterocycles. The van der Waals surface area contributed by atoms with E-state index in [1.807, 2.05) is 11.8 Å². The highest BCUT2D eigenvalue weighted by Gasteiger charge is 2.31. The largest absolute Gasteiger partial charge is 0.368 e. The summed E-state index contributed by atoms with van der Waals surface area (Å²) in [5, 5.41) is 3.69. The van der Waals surface area contributed by atoms with Gasteiger partial charge in [-0.15, -0.1) is 0 Å². The van der Waals surface area contributed by atoms with Gasteiger partial charge in [0.2, 0.25) is 11.8 Å². The van der Waals surface area contributed by atoms with Crippen molar-refractivity contribution in [2.45, 2.75) is 37.6 Å². The predicted molar refractivity (Wildman–Crippen MR) is 139 cm³/mol. The molecule has 0 unspecified atom stereocenters. The van der Waals surface area contributed by atoms with Crippen LogP contribution in [0.4, 0.5) is 21.6 Å². The van der Waals surface area contributed by atoms with Crippen molar-refractivity contribution in [3.8, 4) is 0 Å². The second-order valence-corrected chi connectivity index (χ2v) is 11.2. The zero-order valence-corrected chi connectivity index (χ0v) is 21.7. The van der Waals surface area contributed by atoms with Crippen LogP contribution >= 0.6 is 0 Å². The number of halogens is 1. The van der Waals surface area contributed by atoms with E-state index in [9.17, 15) is 17.6 Å². The molecule has 37 heavy (non-hydrogen) atoms. The zero-order chi connectivity index (χ0) is 26.2. The fraction of sp³-hybridized carbons (Fsp3) is 0.385. The fourth-order valence-corrected chi connectivity index (χ4v) is 5.99. The minimum Gasteiger partial charge on any atom is -0.368 e. The van der Waals surface area contributed by atoms with E-state index in [1.165, 1.54) is 12.1 Å². The lowest BCUT2D eigenvalue weighted by molar-refractivity contribution is -0.132. The lowest BCUT2D eigenvalue weighted by Gasteiger charge is -2.41. The van der Waals surface area contributed by atoms with Crippen molar-refractivity contribution in [1.29, 1.82) is 0 Å². The summed E-state index contributed by atoms with van der Waals surface area (Å²) < 4.78 is 46.3. The summed E-state index contributed by atoms with van der Waals surface area (Å²) in [7, 11) is -3.79. The molecule has 1 fully saturated rings. The van der Waals surface area contributed by atoms with E-state index in [0.717, 1.165) is 36.3 Å². The highest BCUT2D eigenvalue weighted by molar-refractivity contribution is 7.92. The topological polar surface area (TPSA) is 99.0 Å². The summed E-state index contributed by atoms with van der Waals surface area (Å²) in [6.07, 6.45) is 1.71. The number of aryl methyl sites for hydroxylation is 2. The molecule has 0 radical (unpaired) electrons. The monoisotopic (exact) mass is 527 g/mol. The van der Waals surface area contributed by atoms with Crippen LogP contribution in [-0.4, -0.2) is 63.1 Å². The van der Waals surface area contributed by atoms with Gasteiger partial charge in [-0.25, -0.2) is 17.5 Å². The molecule has 2 aliphatic heterocycles. The predicted octanol–water partition coefficient (Wildman–Crippen LogP) is 3.41. The van der Waals surface area contributed by atoms with E-state index in [2.05, 4.69) is 19.7 Å². The summed E-state index contributed by atoms with van der Waals surface area (Å²) >= 11 is 0. The molecule has 1 amide bonds. The average molecular weight is 528 g/mol. The smallest absolute Gasteiger partial charge is 0.264 e. The van der Waals surface area contributed by atoms with Gasteiger partial charge in [0, 0.05) is 50.2 Å². The third-order valence-electron chi connectivity index (χ3n) is 6.99. The van der Waals surface area contributed by atoms with Crippen LogP contribution in [0.1, 0.15) is 24.6 Å². The summed E-state index contributed by atoms with van der Waals surface area (Å²) in [6, 6.07) is 12.6. The maximum Gasteiger partial charge on any atom is 0.264 e. The fourth-order valence-electron chi connectivity index (χ4n) is 5.02. The summed E-state index contributed by atoms with van der Waals surface area (Å²) in [6.45, 7) is 6.81. The van der Waals surface area contributed by atoms with Gasteiger partial charge in [0.1, 0.15) is 11.9 Å². The number of carbonyl (C=O) groups is 1. The molecule has 2 aromatic carbocycles. The van der Waals surface area contributed by atoms with Crippen LogP contribution in [0.25, 0.3) is 0 Å². The van der Waals surface area contributed by atoms with Gasteiger partial charge in [-0.1, -0.05) is 5.16 Å². The Kier molecular flexibility index (Phi) is 6.80. The van der Waals surface area contributed by atoms with E-state index >= 15 is 0 Å². The van der Waals surface area contributed by atoms with E-state index in [0.29, 0.717) is 31.9 Å². The van der Waals surface area contributed by atoms with Crippen molar-refractivity contribution < 1.29 is 22.1 Å². The van der Waals surface area contributed by atoms with Gasteiger partial charge < -0.3 is 19.2 Å². The molecule has 0 bridgehead atoms. The molecule has 1 N–H and O–H groups in total. The van der Waals surface area contributed by atoms with Gasteiger partial charge >= 0.3 is 0 Å². The van der Waals surface area contributed by atoms with Gasteiger partial charge in [-0.3, -0.25) is 4.79 Å². The van der Waals surface area contributed by atoms with Crippen LogP contribution in [0, 0.1) is 12.7 Å². The maximum atomic E-state index is 13.7. The first-order valence-corrected chi connectivity index (χ1v) is 13.8. The Morgan fingerprint density at radius 1 is 1.05 bits per heavy atom.